The molecule has 0 aromatic heterocycles. The molecular formula is C22H20B2ClF2N3O4. The molecule has 0 radical (unpaired) electrons. The van der Waals surface area contributed by atoms with Gasteiger partial charge in [-0.3, -0.25) is 24.5 Å². The summed E-state index contributed by atoms with van der Waals surface area (Å²) in [4.78, 5) is 50.7. The summed E-state index contributed by atoms with van der Waals surface area (Å²) in [6, 6.07) is 8.78. The van der Waals surface area contributed by atoms with Gasteiger partial charge in [-0.25, -0.2) is 0 Å². The minimum atomic E-state index is -3.76. The molecule has 0 bridgehead atoms. The molecule has 174 valence electrons. The summed E-state index contributed by atoms with van der Waals surface area (Å²) in [6.45, 7) is 0.139. The lowest BCUT2D eigenvalue weighted by Crippen LogP contribution is -2.55. The predicted molar refractivity (Wildman–Crippen MR) is 125 cm³/mol. The number of amides is 4. The second-order valence-corrected chi connectivity index (χ2v) is 9.10. The van der Waals surface area contributed by atoms with Crippen molar-refractivity contribution in [3.8, 4) is 0 Å². The van der Waals surface area contributed by atoms with E-state index in [-0.39, 0.29) is 35.6 Å². The van der Waals surface area contributed by atoms with Gasteiger partial charge in [-0.1, -0.05) is 35.9 Å². The molecule has 0 saturated carbocycles. The van der Waals surface area contributed by atoms with Crippen molar-refractivity contribution < 1.29 is 28.0 Å². The van der Waals surface area contributed by atoms with Gasteiger partial charge in [-0.15, -0.1) is 0 Å². The molecule has 4 rings (SSSR count). The normalized spacial score (nSPS) is 21.1. The van der Waals surface area contributed by atoms with Crippen LogP contribution in [0.3, 0.4) is 0 Å². The van der Waals surface area contributed by atoms with E-state index in [1.54, 1.807) is 33.9 Å². The molecule has 2 aliphatic heterocycles. The summed E-state index contributed by atoms with van der Waals surface area (Å²) in [5, 5.41) is 4.87. The molecule has 3 atom stereocenters. The molecular weight excluding hydrogens is 465 g/mol. The first-order valence-corrected chi connectivity index (χ1v) is 11.1. The maximum absolute atomic E-state index is 14.6. The van der Waals surface area contributed by atoms with Crippen molar-refractivity contribution in [1.29, 1.82) is 0 Å². The molecule has 12 heteroatoms. The first kappa shape index (κ1) is 23.9. The van der Waals surface area contributed by atoms with E-state index < -0.39 is 35.3 Å². The third-order valence-corrected chi connectivity index (χ3v) is 6.47. The number of fused-ring (bicyclic) bond motifs is 1. The van der Waals surface area contributed by atoms with Gasteiger partial charge in [0.05, 0.1) is 0 Å². The smallest absolute Gasteiger partial charge is 0.349 e. The Kier molecular flexibility index (Phi) is 6.24. The van der Waals surface area contributed by atoms with Gasteiger partial charge in [0.1, 0.15) is 21.7 Å². The number of rotatable bonds is 5. The zero-order chi connectivity index (χ0) is 24.8. The molecule has 3 unspecified atom stereocenters. The summed E-state index contributed by atoms with van der Waals surface area (Å²) in [5.74, 6) is -7.56. The summed E-state index contributed by atoms with van der Waals surface area (Å²) >= 11 is 5.73. The third-order valence-electron chi connectivity index (χ3n) is 6.21. The Labute approximate surface area is 201 Å². The number of carbonyl (C=O) groups excluding carboxylic acids is 4. The van der Waals surface area contributed by atoms with E-state index in [4.69, 9.17) is 11.6 Å². The number of hydrogen-bond donors (Lipinski definition) is 2. The molecule has 2 aromatic carbocycles. The fraction of sp³-hybridized carbons (Fsp3) is 0.273. The van der Waals surface area contributed by atoms with Crippen molar-refractivity contribution in [2.75, 3.05) is 0 Å². The number of imide groups is 1. The van der Waals surface area contributed by atoms with E-state index in [1.807, 2.05) is 0 Å². The molecule has 7 nitrogen and oxygen atoms in total. The van der Waals surface area contributed by atoms with Crippen molar-refractivity contribution in [2.45, 2.75) is 36.7 Å². The molecule has 2 aromatic rings. The number of hydrogen-bond acceptors (Lipinski definition) is 4. The summed E-state index contributed by atoms with van der Waals surface area (Å²) in [7, 11) is 3.30. The SMILES string of the molecule is BC(NC(=O)C(F)(F)c1ccc(Cl)cc1)c1ccc2c(c1)CN(C1C(=O)NC(=O)CC1B)C2=O. The van der Waals surface area contributed by atoms with Crippen LogP contribution in [0.5, 0.6) is 0 Å². The molecule has 2 aliphatic rings. The van der Waals surface area contributed by atoms with Crippen LogP contribution in [0.4, 0.5) is 8.78 Å². The first-order valence-electron chi connectivity index (χ1n) is 10.7. The van der Waals surface area contributed by atoms with E-state index in [1.165, 1.54) is 17.0 Å². The van der Waals surface area contributed by atoms with Gasteiger partial charge in [0.2, 0.25) is 11.8 Å². The number of alkyl halides is 2. The van der Waals surface area contributed by atoms with Gasteiger partial charge in [-0.2, -0.15) is 8.78 Å². The van der Waals surface area contributed by atoms with Crippen LogP contribution in [0.15, 0.2) is 42.5 Å². The lowest BCUT2D eigenvalue weighted by atomic mass is 9.75. The summed E-state index contributed by atoms with van der Waals surface area (Å²) in [6.07, 6.45) is 0.132. The Morgan fingerprint density at radius 2 is 1.85 bits per heavy atom. The lowest BCUT2D eigenvalue weighted by Gasteiger charge is -2.34. The van der Waals surface area contributed by atoms with E-state index in [9.17, 15) is 28.0 Å². The zero-order valence-corrected chi connectivity index (χ0v) is 19.2. The van der Waals surface area contributed by atoms with Gasteiger partial charge < -0.3 is 10.2 Å². The van der Waals surface area contributed by atoms with Crippen molar-refractivity contribution >= 4 is 50.9 Å². The van der Waals surface area contributed by atoms with E-state index in [0.29, 0.717) is 16.7 Å². The van der Waals surface area contributed by atoms with Crippen LogP contribution >= 0.6 is 11.6 Å². The Balaban J connectivity index is 1.50. The van der Waals surface area contributed by atoms with Gasteiger partial charge in [0.15, 0.2) is 0 Å². The van der Waals surface area contributed by atoms with Crippen molar-refractivity contribution in [2.24, 2.45) is 0 Å². The van der Waals surface area contributed by atoms with Crippen LogP contribution in [-0.2, 0) is 26.9 Å². The molecule has 1 saturated heterocycles. The van der Waals surface area contributed by atoms with Crippen molar-refractivity contribution in [3.63, 3.8) is 0 Å². The highest BCUT2D eigenvalue weighted by atomic mass is 35.5. The quantitative estimate of drug-likeness (QED) is 0.481. The number of halogens is 3. The summed E-state index contributed by atoms with van der Waals surface area (Å²) in [5.41, 5.74) is 1.07. The van der Waals surface area contributed by atoms with Gasteiger partial charge in [0.25, 0.3) is 11.8 Å². The van der Waals surface area contributed by atoms with Crippen LogP contribution in [0, 0.1) is 0 Å². The third kappa shape index (κ3) is 4.32. The Morgan fingerprint density at radius 3 is 2.50 bits per heavy atom. The van der Waals surface area contributed by atoms with Crippen LogP contribution < -0.4 is 10.6 Å². The molecule has 1 fully saturated rings. The first-order chi connectivity index (χ1) is 16.0. The molecule has 0 aliphatic carbocycles. The number of benzene rings is 2. The molecule has 34 heavy (non-hydrogen) atoms. The summed E-state index contributed by atoms with van der Waals surface area (Å²) < 4.78 is 29.2. The fourth-order valence-corrected chi connectivity index (χ4v) is 4.52. The highest BCUT2D eigenvalue weighted by Gasteiger charge is 2.43. The molecule has 4 amide bonds. The number of piperidine rings is 1. The van der Waals surface area contributed by atoms with E-state index >= 15 is 0 Å². The second-order valence-electron chi connectivity index (χ2n) is 8.66. The number of carbonyl (C=O) groups is 4. The highest BCUT2D eigenvalue weighted by molar-refractivity contribution is 6.30. The van der Waals surface area contributed by atoms with Gasteiger partial charge in [0, 0.05) is 35.1 Å². The van der Waals surface area contributed by atoms with Gasteiger partial charge >= 0.3 is 5.92 Å². The standard InChI is InChI=1S/C22H20B2ClF2N3O4/c23-15-8-16(31)28-19(32)17(15)30-9-11-7-10(1-6-14(11)20(30)33)18(24)29-21(34)22(26,27)12-2-4-13(25)5-3-12/h1-7,15,17-18H,8-9,23-24H2,(H,29,34)(H,28,31,32). The fourth-order valence-electron chi connectivity index (χ4n) is 4.39. The molecule has 2 heterocycles. The number of nitrogens with one attached hydrogen (secondary N) is 2. The minimum absolute atomic E-state index is 0.132. The predicted octanol–water partition coefficient (Wildman–Crippen LogP) is 0.672. The average Bonchev–Trinajstić information content (AvgIpc) is 3.08. The minimum Gasteiger partial charge on any atom is -0.352 e. The zero-order valence-electron chi connectivity index (χ0n) is 18.4. The Bertz CT molecular complexity index is 1200. The lowest BCUT2D eigenvalue weighted by molar-refractivity contribution is -0.147. The highest BCUT2D eigenvalue weighted by Crippen LogP contribution is 2.33. The Morgan fingerprint density at radius 1 is 1.18 bits per heavy atom. The topological polar surface area (TPSA) is 95.6 Å². The number of nitrogens with zero attached hydrogens (tertiary/aromatic N) is 1. The van der Waals surface area contributed by atoms with Crippen molar-refractivity contribution in [3.05, 3.63) is 69.7 Å². The van der Waals surface area contributed by atoms with Crippen LogP contribution in [0.25, 0.3) is 0 Å². The monoisotopic (exact) mass is 485 g/mol. The van der Waals surface area contributed by atoms with Gasteiger partial charge in [-0.05, 0) is 35.1 Å². The Hall–Kier alpha value is -3.20. The van der Waals surface area contributed by atoms with E-state index in [0.717, 1.165) is 12.1 Å². The second kappa shape index (κ2) is 8.87. The maximum Gasteiger partial charge on any atom is 0.349 e. The van der Waals surface area contributed by atoms with Crippen LogP contribution in [0.1, 0.15) is 39.4 Å². The van der Waals surface area contributed by atoms with Crippen LogP contribution in [0.2, 0.25) is 10.8 Å². The molecule has 2 N–H and O–H groups in total. The van der Waals surface area contributed by atoms with Crippen molar-refractivity contribution in [1.82, 2.24) is 15.5 Å². The maximum atomic E-state index is 14.6. The largest absolute Gasteiger partial charge is 0.352 e. The average molecular weight is 485 g/mol. The van der Waals surface area contributed by atoms with E-state index in [2.05, 4.69) is 10.6 Å². The van der Waals surface area contributed by atoms with Crippen LogP contribution in [-0.4, -0.2) is 50.3 Å². The molecule has 0 spiro atoms.